The van der Waals surface area contributed by atoms with E-state index in [0.717, 1.165) is 6.39 Å². The number of nitro benzene ring substituents is 1. The molecule has 0 fully saturated rings. The lowest BCUT2D eigenvalue weighted by Gasteiger charge is -2.04. The minimum atomic E-state index is -0.653. The number of carbonyl (C=O) groups excluding carboxylic acids is 1. The molecule has 0 aliphatic carbocycles. The molecular formula is C10H7ClN4O4. The smallest absolute Gasteiger partial charge is 0.282 e. The Morgan fingerprint density at radius 1 is 1.53 bits per heavy atom. The van der Waals surface area contributed by atoms with E-state index in [1.165, 1.54) is 18.2 Å². The number of benzene rings is 1. The second-order valence-electron chi connectivity index (χ2n) is 3.45. The van der Waals surface area contributed by atoms with Gasteiger partial charge in [-0.05, 0) is 12.1 Å². The zero-order valence-electron chi connectivity index (χ0n) is 9.37. The number of amides is 1. The first-order valence-electron chi connectivity index (χ1n) is 5.05. The molecule has 0 aliphatic heterocycles. The maximum Gasteiger partial charge on any atom is 0.282 e. The van der Waals surface area contributed by atoms with Crippen molar-refractivity contribution < 1.29 is 14.2 Å². The van der Waals surface area contributed by atoms with Crippen molar-refractivity contribution in [2.45, 2.75) is 6.54 Å². The van der Waals surface area contributed by atoms with Gasteiger partial charge in [0.25, 0.3) is 11.6 Å². The lowest BCUT2D eigenvalue weighted by atomic mass is 10.1. The van der Waals surface area contributed by atoms with Crippen LogP contribution in [-0.4, -0.2) is 21.0 Å². The van der Waals surface area contributed by atoms with Gasteiger partial charge < -0.3 is 9.84 Å². The molecule has 19 heavy (non-hydrogen) atoms. The largest absolute Gasteiger partial charge is 0.344 e. The fraction of sp³-hybridized carbons (Fsp3) is 0.100. The Hall–Kier alpha value is -2.48. The minimum Gasteiger partial charge on any atom is -0.344 e. The lowest BCUT2D eigenvalue weighted by Crippen LogP contribution is -2.24. The van der Waals surface area contributed by atoms with E-state index in [-0.39, 0.29) is 28.6 Å². The van der Waals surface area contributed by atoms with Gasteiger partial charge in [0.05, 0.1) is 11.5 Å². The lowest BCUT2D eigenvalue weighted by molar-refractivity contribution is -0.385. The molecule has 0 radical (unpaired) electrons. The van der Waals surface area contributed by atoms with Crippen molar-refractivity contribution in [3.63, 3.8) is 0 Å². The van der Waals surface area contributed by atoms with Crippen molar-refractivity contribution in [3.05, 3.63) is 51.1 Å². The molecule has 2 aromatic rings. The number of hydrogen-bond acceptors (Lipinski definition) is 6. The molecule has 98 valence electrons. The zero-order valence-corrected chi connectivity index (χ0v) is 10.1. The Kier molecular flexibility index (Phi) is 3.71. The summed E-state index contributed by atoms with van der Waals surface area (Å²) in [5.74, 6) is -0.378. The average Bonchev–Trinajstić information content (AvgIpc) is 2.88. The number of nitrogens with one attached hydrogen (secondary N) is 1. The molecule has 0 unspecified atom stereocenters. The molecule has 0 spiro atoms. The Morgan fingerprint density at radius 3 is 2.95 bits per heavy atom. The molecule has 0 aliphatic rings. The van der Waals surface area contributed by atoms with Crippen molar-refractivity contribution in [2.75, 3.05) is 0 Å². The van der Waals surface area contributed by atoms with Gasteiger partial charge >= 0.3 is 0 Å². The molecule has 1 aromatic carbocycles. The van der Waals surface area contributed by atoms with Crippen LogP contribution in [0.1, 0.15) is 16.2 Å². The van der Waals surface area contributed by atoms with Crippen molar-refractivity contribution in [2.24, 2.45) is 0 Å². The molecule has 2 rings (SSSR count). The standard InChI is InChI=1S/C10H7ClN4O4/c11-6-1-2-8(15(17)18)7(3-6)10(16)12-4-9-13-5-19-14-9/h1-3,5H,4H2,(H,12,16). The molecule has 8 nitrogen and oxygen atoms in total. The zero-order chi connectivity index (χ0) is 13.8. The van der Waals surface area contributed by atoms with Crippen LogP contribution in [0.3, 0.4) is 0 Å². The van der Waals surface area contributed by atoms with Crippen LogP contribution in [0.25, 0.3) is 0 Å². The summed E-state index contributed by atoms with van der Waals surface area (Å²) in [5.41, 5.74) is -0.448. The SMILES string of the molecule is O=C(NCc1ncon1)c1cc(Cl)ccc1[N+](=O)[O-]. The fourth-order valence-electron chi connectivity index (χ4n) is 1.37. The van der Waals surface area contributed by atoms with E-state index in [1.807, 2.05) is 0 Å². The monoisotopic (exact) mass is 282 g/mol. The first-order valence-corrected chi connectivity index (χ1v) is 5.43. The van der Waals surface area contributed by atoms with Gasteiger partial charge in [-0.1, -0.05) is 16.8 Å². The normalized spacial score (nSPS) is 10.2. The fourth-order valence-corrected chi connectivity index (χ4v) is 1.55. The number of carbonyl (C=O) groups is 1. The summed E-state index contributed by atoms with van der Waals surface area (Å²) in [5, 5.41) is 17.0. The van der Waals surface area contributed by atoms with Crippen molar-refractivity contribution in [3.8, 4) is 0 Å². The first kappa shape index (κ1) is 13.0. The molecule has 0 saturated heterocycles. The maximum atomic E-state index is 11.9. The van der Waals surface area contributed by atoms with E-state index in [9.17, 15) is 14.9 Å². The third-order valence-corrected chi connectivity index (χ3v) is 2.45. The third-order valence-electron chi connectivity index (χ3n) is 2.21. The summed E-state index contributed by atoms with van der Waals surface area (Å²) in [7, 11) is 0. The van der Waals surface area contributed by atoms with E-state index < -0.39 is 10.8 Å². The van der Waals surface area contributed by atoms with Crippen LogP contribution in [0.4, 0.5) is 5.69 Å². The number of halogens is 1. The quantitative estimate of drug-likeness (QED) is 0.673. The highest BCUT2D eigenvalue weighted by molar-refractivity contribution is 6.31. The molecule has 0 bridgehead atoms. The van der Waals surface area contributed by atoms with Gasteiger partial charge in [0, 0.05) is 11.1 Å². The van der Waals surface area contributed by atoms with Crippen molar-refractivity contribution in [1.29, 1.82) is 0 Å². The van der Waals surface area contributed by atoms with Crippen LogP contribution in [0.5, 0.6) is 0 Å². The number of nitrogens with zero attached hydrogens (tertiary/aromatic N) is 3. The predicted molar refractivity (Wildman–Crippen MR) is 63.6 cm³/mol. The van der Waals surface area contributed by atoms with Gasteiger partial charge in [0.2, 0.25) is 6.39 Å². The molecular weight excluding hydrogens is 276 g/mol. The molecule has 1 heterocycles. The molecule has 0 atom stereocenters. The summed E-state index contributed by atoms with van der Waals surface area (Å²) in [4.78, 5) is 25.7. The average molecular weight is 283 g/mol. The Labute approximate surface area is 111 Å². The Morgan fingerprint density at radius 2 is 2.32 bits per heavy atom. The number of aromatic nitrogens is 2. The highest BCUT2D eigenvalue weighted by Crippen LogP contribution is 2.22. The predicted octanol–water partition coefficient (Wildman–Crippen LogP) is 1.56. The van der Waals surface area contributed by atoms with Crippen LogP contribution in [0.2, 0.25) is 5.02 Å². The van der Waals surface area contributed by atoms with E-state index in [0.29, 0.717) is 0 Å². The molecule has 1 N–H and O–H groups in total. The van der Waals surface area contributed by atoms with Gasteiger partial charge in [-0.3, -0.25) is 14.9 Å². The van der Waals surface area contributed by atoms with E-state index in [4.69, 9.17) is 11.6 Å². The summed E-state index contributed by atoms with van der Waals surface area (Å²) >= 11 is 5.72. The van der Waals surface area contributed by atoms with Crippen molar-refractivity contribution in [1.82, 2.24) is 15.5 Å². The molecule has 1 amide bonds. The number of hydrogen-bond donors (Lipinski definition) is 1. The summed E-state index contributed by atoms with van der Waals surface area (Å²) in [6, 6.07) is 3.74. The van der Waals surface area contributed by atoms with E-state index in [2.05, 4.69) is 20.0 Å². The maximum absolute atomic E-state index is 11.9. The first-order chi connectivity index (χ1) is 9.08. The second kappa shape index (κ2) is 5.44. The molecule has 1 aromatic heterocycles. The van der Waals surface area contributed by atoms with Gasteiger partial charge in [-0.15, -0.1) is 0 Å². The van der Waals surface area contributed by atoms with E-state index >= 15 is 0 Å². The van der Waals surface area contributed by atoms with Crippen LogP contribution in [-0.2, 0) is 6.54 Å². The van der Waals surface area contributed by atoms with Crippen LogP contribution in [0, 0.1) is 10.1 Å². The topological polar surface area (TPSA) is 111 Å². The Balaban J connectivity index is 2.18. The Bertz CT molecular complexity index is 614. The van der Waals surface area contributed by atoms with E-state index in [1.54, 1.807) is 0 Å². The van der Waals surface area contributed by atoms with Gasteiger partial charge in [-0.2, -0.15) is 4.98 Å². The van der Waals surface area contributed by atoms with Crippen molar-refractivity contribution >= 4 is 23.2 Å². The molecule has 9 heteroatoms. The van der Waals surface area contributed by atoms with Crippen LogP contribution in [0.15, 0.2) is 29.1 Å². The van der Waals surface area contributed by atoms with Crippen LogP contribution >= 0.6 is 11.6 Å². The second-order valence-corrected chi connectivity index (χ2v) is 3.89. The summed E-state index contributed by atoms with van der Waals surface area (Å²) in [6.45, 7) is -0.000991. The van der Waals surface area contributed by atoms with Gasteiger partial charge in [-0.25, -0.2) is 0 Å². The molecule has 0 saturated carbocycles. The number of nitro groups is 1. The van der Waals surface area contributed by atoms with Gasteiger partial charge in [0.1, 0.15) is 5.56 Å². The van der Waals surface area contributed by atoms with Crippen LogP contribution < -0.4 is 5.32 Å². The number of rotatable bonds is 4. The summed E-state index contributed by atoms with van der Waals surface area (Å²) < 4.78 is 4.49. The third kappa shape index (κ3) is 3.05. The summed E-state index contributed by atoms with van der Waals surface area (Å²) in [6.07, 6.45) is 1.11. The highest BCUT2D eigenvalue weighted by Gasteiger charge is 2.20. The van der Waals surface area contributed by atoms with Gasteiger partial charge in [0.15, 0.2) is 5.82 Å². The highest BCUT2D eigenvalue weighted by atomic mass is 35.5. The minimum absolute atomic E-state index is 0.000991.